The van der Waals surface area contributed by atoms with Crippen LogP contribution in [0, 0.1) is 10.8 Å². The van der Waals surface area contributed by atoms with E-state index in [1.165, 1.54) is 42.6 Å². The SMILES string of the molecule is C=C(C1=CC=C(OC/C=C/C(=C\C=C(/CC)N(C)CCOCC)N2CCCC2)C=CC1)N(C)c1cc(NC(=O)NCCN=O)ccc1CC(CCC)CCC.CC. The molecular formula is C47H74N6O4. The molecule has 0 atom stereocenters. The Labute approximate surface area is 345 Å². The molecule has 0 unspecified atom stereocenters. The van der Waals surface area contributed by atoms with Crippen LogP contribution in [0.4, 0.5) is 16.2 Å². The second kappa shape index (κ2) is 28.8. The number of hydrogen-bond acceptors (Lipinski definition) is 8. The van der Waals surface area contributed by atoms with Crippen molar-refractivity contribution >= 4 is 17.4 Å². The molecule has 1 heterocycles. The van der Waals surface area contributed by atoms with Crippen molar-refractivity contribution in [3.8, 4) is 0 Å². The van der Waals surface area contributed by atoms with Gasteiger partial charge in [-0.1, -0.05) is 90.3 Å². The number of likely N-dealkylation sites (tertiary alicyclic amines) is 1. The van der Waals surface area contributed by atoms with Gasteiger partial charge in [0.25, 0.3) is 0 Å². The van der Waals surface area contributed by atoms with Gasteiger partial charge in [-0.3, -0.25) is 0 Å². The quantitative estimate of drug-likeness (QED) is 0.0578. The molecule has 1 aliphatic heterocycles. The number of urea groups is 1. The predicted molar refractivity (Wildman–Crippen MR) is 241 cm³/mol. The van der Waals surface area contributed by atoms with E-state index in [-0.39, 0.29) is 19.1 Å². The van der Waals surface area contributed by atoms with E-state index < -0.39 is 0 Å². The van der Waals surface area contributed by atoms with E-state index in [4.69, 9.17) is 9.47 Å². The van der Waals surface area contributed by atoms with Crippen LogP contribution in [0.15, 0.2) is 107 Å². The van der Waals surface area contributed by atoms with E-state index in [9.17, 15) is 9.70 Å². The third-order valence-corrected chi connectivity index (χ3v) is 10.1. The average Bonchev–Trinajstić information content (AvgIpc) is 3.65. The van der Waals surface area contributed by atoms with Gasteiger partial charge in [-0.05, 0) is 105 Å². The largest absolute Gasteiger partial charge is 0.490 e. The summed E-state index contributed by atoms with van der Waals surface area (Å²) >= 11 is 0. The lowest BCUT2D eigenvalue weighted by Gasteiger charge is -2.28. The molecule has 10 nitrogen and oxygen atoms in total. The topological polar surface area (TPSA) is 98.7 Å². The lowest BCUT2D eigenvalue weighted by Crippen LogP contribution is -2.30. The third-order valence-electron chi connectivity index (χ3n) is 10.1. The molecule has 1 aromatic rings. The van der Waals surface area contributed by atoms with Crippen LogP contribution in [-0.2, 0) is 15.9 Å². The van der Waals surface area contributed by atoms with Gasteiger partial charge in [-0.2, -0.15) is 4.91 Å². The number of anilines is 2. The van der Waals surface area contributed by atoms with Gasteiger partial charge in [0.15, 0.2) is 0 Å². The number of carbonyl (C=O) groups excluding carboxylic acids is 1. The number of likely N-dealkylation sites (N-methyl/N-ethyl adjacent to an activating group) is 2. The van der Waals surface area contributed by atoms with E-state index in [0.717, 1.165) is 81.2 Å². The summed E-state index contributed by atoms with van der Waals surface area (Å²) in [6.45, 7) is 22.4. The van der Waals surface area contributed by atoms with Crippen molar-refractivity contribution in [1.82, 2.24) is 15.1 Å². The second-order valence-electron chi connectivity index (χ2n) is 14.2. The fourth-order valence-electron chi connectivity index (χ4n) is 7.01. The van der Waals surface area contributed by atoms with E-state index in [1.54, 1.807) is 0 Å². The Morgan fingerprint density at radius 2 is 1.79 bits per heavy atom. The summed E-state index contributed by atoms with van der Waals surface area (Å²) in [7, 11) is 4.17. The zero-order valence-electron chi connectivity index (χ0n) is 36.6. The molecule has 0 spiro atoms. The first-order valence-electron chi connectivity index (χ1n) is 21.5. The highest BCUT2D eigenvalue weighted by Crippen LogP contribution is 2.33. The normalized spacial score (nSPS) is 14.4. The molecule has 2 N–H and O–H groups in total. The van der Waals surface area contributed by atoms with Crippen molar-refractivity contribution in [2.24, 2.45) is 11.1 Å². The highest BCUT2D eigenvalue weighted by atomic mass is 16.5. The Morgan fingerprint density at radius 3 is 2.46 bits per heavy atom. The maximum atomic E-state index is 12.5. The first-order chi connectivity index (χ1) is 27.7. The fraction of sp³-hybridized carbons (Fsp3) is 0.553. The van der Waals surface area contributed by atoms with Crippen molar-refractivity contribution in [3.05, 3.63) is 112 Å². The lowest BCUT2D eigenvalue weighted by molar-refractivity contribution is 0.130. The smallest absolute Gasteiger partial charge is 0.319 e. The number of nitroso groups, excluding NO2 is 1. The number of amides is 2. The van der Waals surface area contributed by atoms with Gasteiger partial charge in [-0.25, -0.2) is 4.79 Å². The first kappa shape index (κ1) is 48.6. The molecule has 0 bridgehead atoms. The molecule has 0 aromatic heterocycles. The number of ether oxygens (including phenoxy) is 2. The number of allylic oxidation sites excluding steroid dienone is 9. The number of nitrogens with one attached hydrogen (secondary N) is 2. The Balaban J connectivity index is 0.00000551. The van der Waals surface area contributed by atoms with E-state index >= 15 is 0 Å². The van der Waals surface area contributed by atoms with Crippen LogP contribution in [0.2, 0.25) is 0 Å². The number of rotatable bonds is 25. The van der Waals surface area contributed by atoms with Gasteiger partial charge < -0.3 is 34.8 Å². The molecule has 1 fully saturated rings. The number of nitrogens with zero attached hydrogens (tertiary/aromatic N) is 4. The third kappa shape index (κ3) is 17.6. The van der Waals surface area contributed by atoms with Crippen LogP contribution in [0.25, 0.3) is 0 Å². The minimum absolute atomic E-state index is 0.0288. The van der Waals surface area contributed by atoms with E-state index in [2.05, 4.69) is 107 Å². The van der Waals surface area contributed by atoms with Crippen molar-refractivity contribution in [3.63, 3.8) is 0 Å². The zero-order valence-corrected chi connectivity index (χ0v) is 36.6. The van der Waals surface area contributed by atoms with Gasteiger partial charge in [0, 0.05) is 75.3 Å². The van der Waals surface area contributed by atoms with Crippen LogP contribution in [-0.4, -0.2) is 82.5 Å². The first-order valence-corrected chi connectivity index (χ1v) is 21.5. The Bertz CT molecular complexity index is 1550. The van der Waals surface area contributed by atoms with Crippen molar-refractivity contribution in [2.45, 2.75) is 99.3 Å². The fourth-order valence-corrected chi connectivity index (χ4v) is 7.01. The van der Waals surface area contributed by atoms with Crippen molar-refractivity contribution < 1.29 is 14.3 Å². The van der Waals surface area contributed by atoms with Gasteiger partial charge in [0.2, 0.25) is 0 Å². The molecule has 1 aromatic carbocycles. The van der Waals surface area contributed by atoms with Crippen LogP contribution in [0.1, 0.15) is 98.5 Å². The highest BCUT2D eigenvalue weighted by molar-refractivity contribution is 5.90. The van der Waals surface area contributed by atoms with Crippen molar-refractivity contribution in [1.29, 1.82) is 0 Å². The molecule has 2 aliphatic rings. The summed E-state index contributed by atoms with van der Waals surface area (Å²) < 4.78 is 11.8. The molecule has 3 rings (SSSR count). The minimum Gasteiger partial charge on any atom is -0.490 e. The number of carbonyl (C=O) groups is 1. The molecule has 2 amide bonds. The van der Waals surface area contributed by atoms with Gasteiger partial charge in [0.1, 0.15) is 12.4 Å². The minimum atomic E-state index is -0.370. The summed E-state index contributed by atoms with van der Waals surface area (Å²) in [5, 5.41) is 8.41. The maximum Gasteiger partial charge on any atom is 0.319 e. The highest BCUT2D eigenvalue weighted by Gasteiger charge is 2.19. The van der Waals surface area contributed by atoms with E-state index in [1.807, 2.05) is 52.1 Å². The van der Waals surface area contributed by atoms with Crippen LogP contribution in [0.3, 0.4) is 0 Å². The standard InChI is InChI=1S/C45H68N6O4.C2H6/c1-8-16-37(17-9-2)34-39-21-23-40(48-45(52)46-27-28-47-53)35-44(39)50(7)36(5)38-18-14-20-43(26-22-38)55-32-15-19-42(51-29-12-13-30-51)25-24-41(10-3)49(6)31-33-54-11-4;1-2/h14-15,19-26,35,37H,5,8-13,16-18,27-34H2,1-4,6-7H3,(H2,46,48,52);1-2H3/b19-15+,41-24+,42-25+;. The predicted octanol–water partition coefficient (Wildman–Crippen LogP) is 10.9. The molecule has 0 saturated carbocycles. The molecule has 1 saturated heterocycles. The average molecular weight is 787 g/mol. The maximum absolute atomic E-state index is 12.5. The van der Waals surface area contributed by atoms with Crippen LogP contribution < -0.4 is 15.5 Å². The van der Waals surface area contributed by atoms with Crippen molar-refractivity contribution in [2.75, 3.05) is 76.9 Å². The summed E-state index contributed by atoms with van der Waals surface area (Å²) in [6, 6.07) is 5.71. The summed E-state index contributed by atoms with van der Waals surface area (Å²) in [5.41, 5.74) is 7.36. The zero-order chi connectivity index (χ0) is 41.8. The molecular weight excluding hydrogens is 713 g/mol. The van der Waals surface area contributed by atoms with E-state index in [0.29, 0.717) is 24.6 Å². The molecule has 0 radical (unpaired) electrons. The summed E-state index contributed by atoms with van der Waals surface area (Å²) in [5.74, 6) is 1.38. The summed E-state index contributed by atoms with van der Waals surface area (Å²) in [6.07, 6.45) is 26.7. The van der Waals surface area contributed by atoms with Gasteiger partial charge in [-0.15, -0.1) is 0 Å². The Hall–Kier alpha value is -4.57. The molecule has 57 heavy (non-hydrogen) atoms. The van der Waals surface area contributed by atoms with Crippen LogP contribution in [0.5, 0.6) is 0 Å². The lowest BCUT2D eigenvalue weighted by atomic mass is 9.90. The van der Waals surface area contributed by atoms with Gasteiger partial charge >= 0.3 is 6.03 Å². The molecule has 10 heteroatoms. The number of benzene rings is 1. The Morgan fingerprint density at radius 1 is 1.05 bits per heavy atom. The number of hydrogen-bond donors (Lipinski definition) is 2. The van der Waals surface area contributed by atoms with Gasteiger partial charge in [0.05, 0.1) is 13.2 Å². The second-order valence-corrected chi connectivity index (χ2v) is 14.2. The summed E-state index contributed by atoms with van der Waals surface area (Å²) in [4.78, 5) is 29.8. The monoisotopic (exact) mass is 787 g/mol. The molecule has 1 aliphatic carbocycles. The molecule has 316 valence electrons. The van der Waals surface area contributed by atoms with Crippen LogP contribution >= 0.6 is 0 Å². The Kier molecular flexibility index (Phi) is 24.5.